The third-order valence-corrected chi connectivity index (χ3v) is 4.13. The number of rotatable bonds is 5. The Hall–Kier alpha value is -1.69. The predicted octanol–water partition coefficient (Wildman–Crippen LogP) is 0.667. The van der Waals surface area contributed by atoms with Gasteiger partial charge >= 0.3 is 5.97 Å². The average Bonchev–Trinajstić information content (AvgIpc) is 2.40. The highest BCUT2D eigenvalue weighted by molar-refractivity contribution is 7.85. The first-order valence-electron chi connectivity index (χ1n) is 5.89. The number of amides is 1. The molecule has 1 fully saturated rings. The zero-order valence-electron chi connectivity index (χ0n) is 10.6. The lowest BCUT2D eigenvalue weighted by atomic mass is 10.2. The Morgan fingerprint density at radius 3 is 2.68 bits per heavy atom. The summed E-state index contributed by atoms with van der Waals surface area (Å²) >= 11 is 0. The Morgan fingerprint density at radius 2 is 2.11 bits per heavy atom. The summed E-state index contributed by atoms with van der Waals surface area (Å²) in [5.41, 5.74) is 0.890. The molecule has 1 aromatic rings. The van der Waals surface area contributed by atoms with Crippen LogP contribution in [0.1, 0.15) is 12.0 Å². The van der Waals surface area contributed by atoms with Crippen molar-refractivity contribution in [3.63, 3.8) is 0 Å². The topological polar surface area (TPSA) is 63.7 Å². The number of esters is 1. The molecule has 0 aliphatic carbocycles. The molecule has 1 amide bonds. The van der Waals surface area contributed by atoms with Gasteiger partial charge in [-0.3, -0.25) is 13.8 Å². The standard InChI is InChI=1S/C13H15NO4S/c1-19(17)12-7-11(15)14(12)8-13(16)18-9-10-5-3-2-4-6-10/h2-6,12H,7-9H2,1H3. The van der Waals surface area contributed by atoms with E-state index in [1.807, 2.05) is 30.3 Å². The Morgan fingerprint density at radius 1 is 1.42 bits per heavy atom. The zero-order chi connectivity index (χ0) is 13.8. The number of likely N-dealkylation sites (tertiary alicyclic amines) is 1. The van der Waals surface area contributed by atoms with Crippen LogP contribution in [-0.4, -0.2) is 39.2 Å². The van der Waals surface area contributed by atoms with Crippen LogP contribution in [0, 0.1) is 0 Å². The van der Waals surface area contributed by atoms with Crippen LogP contribution in [0.2, 0.25) is 0 Å². The minimum atomic E-state index is -1.13. The van der Waals surface area contributed by atoms with Gasteiger partial charge in [-0.05, 0) is 5.56 Å². The second kappa shape index (κ2) is 5.97. The Labute approximate surface area is 114 Å². The second-order valence-electron chi connectivity index (χ2n) is 4.33. The van der Waals surface area contributed by atoms with Crippen molar-refractivity contribution in [2.24, 2.45) is 0 Å². The van der Waals surface area contributed by atoms with Gasteiger partial charge in [0.2, 0.25) is 5.91 Å². The molecule has 1 aromatic carbocycles. The molecule has 0 aromatic heterocycles. The Bertz CT molecular complexity index is 503. The van der Waals surface area contributed by atoms with E-state index in [1.165, 1.54) is 11.2 Å². The lowest BCUT2D eigenvalue weighted by Crippen LogP contribution is -2.56. The molecule has 1 saturated heterocycles. The molecular weight excluding hydrogens is 266 g/mol. The van der Waals surface area contributed by atoms with E-state index >= 15 is 0 Å². The van der Waals surface area contributed by atoms with Gasteiger partial charge in [0.15, 0.2) is 0 Å². The smallest absolute Gasteiger partial charge is 0.326 e. The molecule has 0 spiro atoms. The van der Waals surface area contributed by atoms with E-state index in [0.717, 1.165) is 5.56 Å². The van der Waals surface area contributed by atoms with Crippen molar-refractivity contribution in [3.8, 4) is 0 Å². The number of carbonyl (C=O) groups is 2. The van der Waals surface area contributed by atoms with Crippen LogP contribution in [0.25, 0.3) is 0 Å². The van der Waals surface area contributed by atoms with Crippen molar-refractivity contribution in [1.82, 2.24) is 4.90 Å². The van der Waals surface area contributed by atoms with Gasteiger partial charge in [0.25, 0.3) is 0 Å². The summed E-state index contributed by atoms with van der Waals surface area (Å²) in [5, 5.41) is -0.350. The molecule has 1 aliphatic rings. The number of carbonyl (C=O) groups excluding carboxylic acids is 2. The van der Waals surface area contributed by atoms with Gasteiger partial charge in [0.1, 0.15) is 18.5 Å². The van der Waals surface area contributed by atoms with Crippen molar-refractivity contribution in [3.05, 3.63) is 35.9 Å². The Kier molecular flexibility index (Phi) is 4.31. The first-order chi connectivity index (χ1) is 9.08. The van der Waals surface area contributed by atoms with Crippen LogP contribution in [0.3, 0.4) is 0 Å². The quantitative estimate of drug-likeness (QED) is 0.588. The summed E-state index contributed by atoms with van der Waals surface area (Å²) in [6, 6.07) is 9.31. The molecule has 1 aliphatic heterocycles. The predicted molar refractivity (Wildman–Crippen MR) is 70.4 cm³/mol. The van der Waals surface area contributed by atoms with Gasteiger partial charge in [-0.2, -0.15) is 0 Å². The fraction of sp³-hybridized carbons (Fsp3) is 0.385. The molecule has 5 nitrogen and oxygen atoms in total. The number of benzene rings is 1. The molecule has 0 saturated carbocycles. The molecule has 2 unspecified atom stereocenters. The maximum Gasteiger partial charge on any atom is 0.326 e. The largest absolute Gasteiger partial charge is 0.459 e. The van der Waals surface area contributed by atoms with E-state index in [0.29, 0.717) is 0 Å². The van der Waals surface area contributed by atoms with Gasteiger partial charge < -0.3 is 9.64 Å². The highest BCUT2D eigenvalue weighted by atomic mass is 32.2. The third-order valence-electron chi connectivity index (χ3n) is 2.94. The third kappa shape index (κ3) is 3.41. The number of nitrogens with zero attached hydrogens (tertiary/aromatic N) is 1. The van der Waals surface area contributed by atoms with Crippen LogP contribution in [0.15, 0.2) is 30.3 Å². The minimum absolute atomic E-state index is 0.129. The van der Waals surface area contributed by atoms with Crippen molar-refractivity contribution in [1.29, 1.82) is 0 Å². The molecule has 0 bridgehead atoms. The van der Waals surface area contributed by atoms with Gasteiger partial charge in [-0.15, -0.1) is 0 Å². The number of hydrogen-bond acceptors (Lipinski definition) is 4. The minimum Gasteiger partial charge on any atom is -0.459 e. The molecule has 102 valence electrons. The number of hydrogen-bond donors (Lipinski definition) is 0. The molecule has 0 radical (unpaired) electrons. The Balaban J connectivity index is 1.81. The van der Waals surface area contributed by atoms with Crippen molar-refractivity contribution in [2.45, 2.75) is 18.4 Å². The SMILES string of the molecule is CS(=O)C1CC(=O)N1CC(=O)OCc1ccccc1. The van der Waals surface area contributed by atoms with Crippen LogP contribution in [0.4, 0.5) is 0 Å². The van der Waals surface area contributed by atoms with Crippen LogP contribution in [0.5, 0.6) is 0 Å². The van der Waals surface area contributed by atoms with E-state index in [1.54, 1.807) is 0 Å². The van der Waals surface area contributed by atoms with Crippen LogP contribution >= 0.6 is 0 Å². The lowest BCUT2D eigenvalue weighted by Gasteiger charge is -2.37. The highest BCUT2D eigenvalue weighted by Gasteiger charge is 2.39. The molecule has 1 heterocycles. The number of ether oxygens (including phenoxy) is 1. The highest BCUT2D eigenvalue weighted by Crippen LogP contribution is 2.21. The first kappa shape index (κ1) is 13.7. The van der Waals surface area contributed by atoms with E-state index < -0.39 is 16.8 Å². The van der Waals surface area contributed by atoms with E-state index in [2.05, 4.69) is 0 Å². The number of β-lactam (4-membered cyclic amide) rings is 1. The summed E-state index contributed by atoms with van der Waals surface area (Å²) in [6.07, 6.45) is 1.77. The monoisotopic (exact) mass is 281 g/mol. The summed E-state index contributed by atoms with van der Waals surface area (Å²) < 4.78 is 16.4. The van der Waals surface area contributed by atoms with Gasteiger partial charge in [-0.1, -0.05) is 30.3 Å². The molecule has 2 atom stereocenters. The fourth-order valence-corrected chi connectivity index (χ4v) is 2.76. The summed E-state index contributed by atoms with van der Waals surface area (Å²) in [6.45, 7) is 0.0531. The molecular formula is C13H15NO4S. The van der Waals surface area contributed by atoms with E-state index in [4.69, 9.17) is 4.74 Å². The maximum atomic E-state index is 11.6. The molecule has 19 heavy (non-hydrogen) atoms. The molecule has 6 heteroatoms. The molecule has 0 N–H and O–H groups in total. The maximum absolute atomic E-state index is 11.6. The van der Waals surface area contributed by atoms with Gasteiger partial charge in [0, 0.05) is 17.1 Å². The average molecular weight is 281 g/mol. The second-order valence-corrected chi connectivity index (χ2v) is 5.87. The van der Waals surface area contributed by atoms with Crippen LogP contribution in [-0.2, 0) is 31.7 Å². The van der Waals surface area contributed by atoms with E-state index in [9.17, 15) is 13.8 Å². The van der Waals surface area contributed by atoms with E-state index in [-0.39, 0.29) is 30.9 Å². The first-order valence-corrected chi connectivity index (χ1v) is 7.51. The summed E-state index contributed by atoms with van der Waals surface area (Å²) in [4.78, 5) is 24.3. The zero-order valence-corrected chi connectivity index (χ0v) is 11.4. The van der Waals surface area contributed by atoms with Gasteiger partial charge in [-0.25, -0.2) is 0 Å². The summed E-state index contributed by atoms with van der Waals surface area (Å²) in [7, 11) is -1.13. The van der Waals surface area contributed by atoms with Crippen molar-refractivity contribution < 1.29 is 18.5 Å². The normalized spacial score (nSPS) is 19.7. The summed E-state index contributed by atoms with van der Waals surface area (Å²) in [5.74, 6) is -0.635. The lowest BCUT2D eigenvalue weighted by molar-refractivity contribution is -0.155. The molecule has 2 rings (SSSR count). The fourth-order valence-electron chi connectivity index (χ4n) is 1.83. The van der Waals surface area contributed by atoms with Crippen molar-refractivity contribution >= 4 is 22.7 Å². The van der Waals surface area contributed by atoms with Crippen molar-refractivity contribution in [2.75, 3.05) is 12.8 Å². The van der Waals surface area contributed by atoms with Crippen LogP contribution < -0.4 is 0 Å². The van der Waals surface area contributed by atoms with Gasteiger partial charge in [0.05, 0.1) is 6.42 Å².